The zero-order chi connectivity index (χ0) is 29.9. The largest absolute Gasteiger partial charge is 0.365 e. The predicted octanol–water partition coefficient (Wildman–Crippen LogP) is 6.30. The number of carbonyl (C=O) groups excluding carboxylic acids is 4. The van der Waals surface area contributed by atoms with Gasteiger partial charge in [-0.05, 0) is 62.1 Å². The van der Waals surface area contributed by atoms with Crippen molar-refractivity contribution in [2.24, 2.45) is 10.3 Å². The Bertz CT molecular complexity index is 1500. The molecule has 0 aliphatic heterocycles. The van der Waals surface area contributed by atoms with E-state index in [4.69, 9.17) is 9.68 Å². The third-order valence-corrected chi connectivity index (χ3v) is 6.34. The summed E-state index contributed by atoms with van der Waals surface area (Å²) in [6, 6.07) is 31.1. The molecule has 0 amide bonds. The minimum absolute atomic E-state index is 0.0660. The molecule has 0 aliphatic carbocycles. The van der Waals surface area contributed by atoms with Crippen LogP contribution in [0.2, 0.25) is 0 Å². The van der Waals surface area contributed by atoms with Crippen molar-refractivity contribution in [2.45, 2.75) is 26.7 Å². The van der Waals surface area contributed by atoms with Crippen LogP contribution in [0.1, 0.15) is 66.4 Å². The Hall–Kier alpha value is -5.50. The maximum Gasteiger partial charge on any atom is 0.365 e. The van der Waals surface area contributed by atoms with Gasteiger partial charge >= 0.3 is 11.9 Å². The minimum Gasteiger partial charge on any atom is -0.312 e. The molecule has 210 valence electrons. The van der Waals surface area contributed by atoms with Gasteiger partial charge in [0.15, 0.2) is 0 Å². The van der Waals surface area contributed by atoms with Crippen LogP contribution in [-0.2, 0) is 22.5 Å². The molecule has 0 saturated carbocycles. The molecule has 0 N–H and O–H groups in total. The second-order valence-electron chi connectivity index (χ2n) is 9.40. The molecule has 0 aromatic heterocycles. The average Bonchev–Trinajstić information content (AvgIpc) is 3.05. The number of ketones is 2. The number of carbonyl (C=O) groups is 4. The van der Waals surface area contributed by atoms with E-state index in [0.717, 1.165) is 24.0 Å². The summed E-state index contributed by atoms with van der Waals surface area (Å²) in [5.41, 5.74) is 3.75. The van der Waals surface area contributed by atoms with E-state index in [9.17, 15) is 19.2 Å². The number of aryl methyl sites for hydroxylation is 2. The van der Waals surface area contributed by atoms with Gasteiger partial charge in [-0.3, -0.25) is 9.59 Å². The van der Waals surface area contributed by atoms with Gasteiger partial charge in [-0.15, -0.1) is 0 Å². The van der Waals surface area contributed by atoms with Gasteiger partial charge in [-0.25, -0.2) is 9.59 Å². The van der Waals surface area contributed by atoms with Crippen molar-refractivity contribution in [3.8, 4) is 0 Å². The van der Waals surface area contributed by atoms with E-state index in [-0.39, 0.29) is 23.0 Å². The minimum atomic E-state index is -0.636. The fourth-order valence-corrected chi connectivity index (χ4v) is 3.91. The zero-order valence-electron chi connectivity index (χ0n) is 23.2. The Labute approximate surface area is 243 Å². The number of hydrogen-bond donors (Lipinski definition) is 0. The van der Waals surface area contributed by atoms with Gasteiger partial charge in [0.25, 0.3) is 0 Å². The standard InChI is InChI=1S/C34H28N2O6/c1-23(35-41-33(39)29-9-5-3-6-10-29)31(37)27-19-15-25(16-20-27)13-14-26-17-21-28(22-18-26)32(38)24(2)36-42-34(40)30-11-7-4-8-12-30/h3-12,15-22H,13-14H2,1-2H3/b35-23+,36-24+. The molecular formula is C34H28N2O6. The molecule has 0 bridgehead atoms. The maximum absolute atomic E-state index is 12.7. The first-order chi connectivity index (χ1) is 20.3. The van der Waals surface area contributed by atoms with Crippen molar-refractivity contribution >= 4 is 34.9 Å². The van der Waals surface area contributed by atoms with Crippen molar-refractivity contribution in [1.82, 2.24) is 0 Å². The molecule has 0 atom stereocenters. The van der Waals surface area contributed by atoms with E-state index in [1.807, 2.05) is 24.3 Å². The Morgan fingerprint density at radius 2 is 0.810 bits per heavy atom. The van der Waals surface area contributed by atoms with Crippen molar-refractivity contribution in [3.63, 3.8) is 0 Å². The van der Waals surface area contributed by atoms with Gasteiger partial charge in [0.1, 0.15) is 11.4 Å². The summed E-state index contributed by atoms with van der Waals surface area (Å²) in [4.78, 5) is 59.2. The van der Waals surface area contributed by atoms with Crippen molar-refractivity contribution in [1.29, 1.82) is 0 Å². The SMILES string of the molecule is C/C(=N\OC(=O)c1ccccc1)C(=O)c1ccc(CCc2ccc(C(=O)/C(C)=N/OC(=O)c3ccccc3)cc2)cc1. The molecular weight excluding hydrogens is 532 g/mol. The van der Waals surface area contributed by atoms with E-state index in [1.165, 1.54) is 13.8 Å². The molecule has 4 aromatic carbocycles. The van der Waals surface area contributed by atoms with Gasteiger partial charge in [0.2, 0.25) is 11.6 Å². The van der Waals surface area contributed by atoms with Crippen LogP contribution in [0.3, 0.4) is 0 Å². The van der Waals surface area contributed by atoms with Gasteiger partial charge in [0.05, 0.1) is 11.1 Å². The predicted molar refractivity (Wildman–Crippen MR) is 159 cm³/mol. The number of hydrogen-bond acceptors (Lipinski definition) is 8. The smallest absolute Gasteiger partial charge is 0.312 e. The van der Waals surface area contributed by atoms with E-state index in [0.29, 0.717) is 22.3 Å². The number of benzene rings is 4. The lowest BCUT2D eigenvalue weighted by Gasteiger charge is -2.06. The third-order valence-electron chi connectivity index (χ3n) is 6.34. The fraction of sp³-hybridized carbons (Fsp3) is 0.118. The van der Waals surface area contributed by atoms with Gasteiger partial charge in [-0.1, -0.05) is 95.2 Å². The highest BCUT2D eigenvalue weighted by atomic mass is 16.7. The van der Waals surface area contributed by atoms with Crippen LogP contribution < -0.4 is 0 Å². The Balaban J connectivity index is 1.27. The average molecular weight is 561 g/mol. The van der Waals surface area contributed by atoms with E-state index >= 15 is 0 Å². The van der Waals surface area contributed by atoms with Crippen LogP contribution >= 0.6 is 0 Å². The van der Waals surface area contributed by atoms with E-state index in [1.54, 1.807) is 84.9 Å². The number of Topliss-reactive ketones (excluding diaryl/α,β-unsaturated/α-hetero) is 2. The fourth-order valence-electron chi connectivity index (χ4n) is 3.91. The van der Waals surface area contributed by atoms with E-state index in [2.05, 4.69) is 10.3 Å². The molecule has 0 aliphatic rings. The van der Waals surface area contributed by atoms with Crippen LogP contribution in [0.15, 0.2) is 120 Å². The maximum atomic E-state index is 12.7. The molecule has 42 heavy (non-hydrogen) atoms. The second-order valence-corrected chi connectivity index (χ2v) is 9.40. The van der Waals surface area contributed by atoms with Crippen LogP contribution in [0, 0.1) is 0 Å². The highest BCUT2D eigenvalue weighted by Crippen LogP contribution is 2.13. The number of rotatable bonds is 11. The van der Waals surface area contributed by atoms with E-state index < -0.39 is 11.9 Å². The molecule has 0 heterocycles. The molecule has 0 spiro atoms. The van der Waals surface area contributed by atoms with Crippen LogP contribution in [0.5, 0.6) is 0 Å². The Morgan fingerprint density at radius 3 is 1.14 bits per heavy atom. The molecule has 8 nitrogen and oxygen atoms in total. The van der Waals surface area contributed by atoms with Crippen LogP contribution in [0.25, 0.3) is 0 Å². The summed E-state index contributed by atoms with van der Waals surface area (Å²) < 4.78 is 0. The summed E-state index contributed by atoms with van der Waals surface area (Å²) in [7, 11) is 0. The Kier molecular flexibility index (Phi) is 9.99. The quantitative estimate of drug-likeness (QED) is 0.0921. The van der Waals surface area contributed by atoms with Gasteiger partial charge in [-0.2, -0.15) is 0 Å². The van der Waals surface area contributed by atoms with Crippen molar-refractivity contribution < 1.29 is 28.9 Å². The molecule has 4 aromatic rings. The number of oxime groups is 2. The van der Waals surface area contributed by atoms with Crippen LogP contribution in [-0.4, -0.2) is 34.9 Å². The lowest BCUT2D eigenvalue weighted by Crippen LogP contribution is -2.13. The highest BCUT2D eigenvalue weighted by Gasteiger charge is 2.14. The second kappa shape index (κ2) is 14.2. The summed E-state index contributed by atoms with van der Waals surface area (Å²) >= 11 is 0. The van der Waals surface area contributed by atoms with Crippen molar-refractivity contribution in [3.05, 3.63) is 143 Å². The third kappa shape index (κ3) is 8.02. The van der Waals surface area contributed by atoms with Gasteiger partial charge in [0, 0.05) is 11.1 Å². The van der Waals surface area contributed by atoms with Gasteiger partial charge < -0.3 is 9.68 Å². The molecule has 0 unspecified atom stereocenters. The first-order valence-electron chi connectivity index (χ1n) is 13.2. The molecule has 0 saturated heterocycles. The summed E-state index contributed by atoms with van der Waals surface area (Å²) in [5, 5.41) is 7.40. The highest BCUT2D eigenvalue weighted by molar-refractivity contribution is 6.45. The summed E-state index contributed by atoms with van der Waals surface area (Å²) in [5.74, 6) is -1.95. The lowest BCUT2D eigenvalue weighted by molar-refractivity contribution is 0.0506. The monoisotopic (exact) mass is 560 g/mol. The first kappa shape index (κ1) is 29.5. The lowest BCUT2D eigenvalue weighted by atomic mass is 9.99. The van der Waals surface area contributed by atoms with Crippen molar-refractivity contribution in [2.75, 3.05) is 0 Å². The molecule has 4 rings (SSSR count). The molecule has 0 fully saturated rings. The number of nitrogens with zero attached hydrogens (tertiary/aromatic N) is 2. The molecule has 8 heteroatoms. The Morgan fingerprint density at radius 1 is 0.476 bits per heavy atom. The normalized spacial score (nSPS) is 11.5. The zero-order valence-corrected chi connectivity index (χ0v) is 23.2. The van der Waals surface area contributed by atoms with Crippen LogP contribution in [0.4, 0.5) is 0 Å². The summed E-state index contributed by atoms with van der Waals surface area (Å²) in [6.07, 6.45) is 1.44. The molecule has 0 radical (unpaired) electrons. The topological polar surface area (TPSA) is 111 Å². The summed E-state index contributed by atoms with van der Waals surface area (Å²) in [6.45, 7) is 2.99. The first-order valence-corrected chi connectivity index (χ1v) is 13.2.